The topological polar surface area (TPSA) is 53.6 Å². The third kappa shape index (κ3) is 1.65. The standard InChI is InChI=1S/C10H12N4/c1-11-5-9-7-13-14-10(9)8-3-2-4-12-6-8/h2-4,6-7,11H,5H2,1H3,(H,13,14). The Morgan fingerprint density at radius 1 is 1.43 bits per heavy atom. The van der Waals surface area contributed by atoms with Crippen LogP contribution in [0.2, 0.25) is 0 Å². The van der Waals surface area contributed by atoms with Crippen LogP contribution in [0.4, 0.5) is 0 Å². The Hall–Kier alpha value is -1.68. The molecule has 14 heavy (non-hydrogen) atoms. The fourth-order valence-corrected chi connectivity index (χ4v) is 1.40. The smallest absolute Gasteiger partial charge is 0.0710 e. The Morgan fingerprint density at radius 3 is 3.07 bits per heavy atom. The summed E-state index contributed by atoms with van der Waals surface area (Å²) in [7, 11) is 1.92. The highest BCUT2D eigenvalue weighted by Gasteiger charge is 2.05. The molecule has 2 rings (SSSR count). The molecule has 4 heteroatoms. The van der Waals surface area contributed by atoms with Gasteiger partial charge in [-0.3, -0.25) is 10.1 Å². The minimum atomic E-state index is 0.806. The van der Waals surface area contributed by atoms with Crippen LogP contribution < -0.4 is 5.32 Å². The van der Waals surface area contributed by atoms with E-state index in [4.69, 9.17) is 0 Å². The van der Waals surface area contributed by atoms with Crippen LogP contribution in [0, 0.1) is 0 Å². The third-order valence-electron chi connectivity index (χ3n) is 2.04. The second-order valence-electron chi connectivity index (χ2n) is 3.04. The van der Waals surface area contributed by atoms with Gasteiger partial charge in [0.15, 0.2) is 0 Å². The van der Waals surface area contributed by atoms with E-state index in [2.05, 4.69) is 20.5 Å². The minimum absolute atomic E-state index is 0.806. The van der Waals surface area contributed by atoms with E-state index >= 15 is 0 Å². The molecule has 0 saturated carbocycles. The van der Waals surface area contributed by atoms with Crippen molar-refractivity contribution in [3.63, 3.8) is 0 Å². The fraction of sp³-hybridized carbons (Fsp3) is 0.200. The Bertz CT molecular complexity index is 394. The highest BCUT2D eigenvalue weighted by molar-refractivity contribution is 5.61. The number of nitrogens with zero attached hydrogens (tertiary/aromatic N) is 2. The zero-order chi connectivity index (χ0) is 9.80. The van der Waals surface area contributed by atoms with Gasteiger partial charge in [0.2, 0.25) is 0 Å². The van der Waals surface area contributed by atoms with E-state index in [0.717, 1.165) is 23.4 Å². The van der Waals surface area contributed by atoms with Gasteiger partial charge in [0.05, 0.1) is 11.9 Å². The van der Waals surface area contributed by atoms with Crippen LogP contribution >= 0.6 is 0 Å². The van der Waals surface area contributed by atoms with Gasteiger partial charge in [-0.25, -0.2) is 0 Å². The van der Waals surface area contributed by atoms with Crippen molar-refractivity contribution in [3.8, 4) is 11.3 Å². The quantitative estimate of drug-likeness (QED) is 0.760. The molecule has 0 fully saturated rings. The van der Waals surface area contributed by atoms with Crippen LogP contribution in [0.1, 0.15) is 5.56 Å². The van der Waals surface area contributed by atoms with Gasteiger partial charge in [-0.05, 0) is 19.2 Å². The number of aromatic amines is 1. The van der Waals surface area contributed by atoms with Crippen molar-refractivity contribution < 1.29 is 0 Å². The summed E-state index contributed by atoms with van der Waals surface area (Å²) in [6.45, 7) is 0.806. The number of aromatic nitrogens is 3. The first-order valence-electron chi connectivity index (χ1n) is 4.49. The van der Waals surface area contributed by atoms with E-state index in [1.165, 1.54) is 0 Å². The third-order valence-corrected chi connectivity index (χ3v) is 2.04. The molecular formula is C10H12N4. The van der Waals surface area contributed by atoms with Crippen molar-refractivity contribution in [2.24, 2.45) is 0 Å². The van der Waals surface area contributed by atoms with Crippen molar-refractivity contribution in [1.29, 1.82) is 0 Å². The molecule has 0 atom stereocenters. The van der Waals surface area contributed by atoms with E-state index in [1.807, 2.05) is 31.6 Å². The van der Waals surface area contributed by atoms with Crippen molar-refractivity contribution in [1.82, 2.24) is 20.5 Å². The molecule has 0 aromatic carbocycles. The molecule has 0 aliphatic rings. The van der Waals surface area contributed by atoms with Gasteiger partial charge in [-0.2, -0.15) is 5.10 Å². The lowest BCUT2D eigenvalue weighted by Crippen LogP contribution is -2.05. The first kappa shape index (κ1) is 8.90. The Balaban J connectivity index is 2.37. The lowest BCUT2D eigenvalue weighted by atomic mass is 10.1. The summed E-state index contributed by atoms with van der Waals surface area (Å²) in [5, 5.41) is 10.1. The van der Waals surface area contributed by atoms with Crippen molar-refractivity contribution >= 4 is 0 Å². The largest absolute Gasteiger partial charge is 0.316 e. The molecule has 2 N–H and O–H groups in total. The lowest BCUT2D eigenvalue weighted by molar-refractivity contribution is 0.820. The summed E-state index contributed by atoms with van der Waals surface area (Å²) < 4.78 is 0. The highest BCUT2D eigenvalue weighted by Crippen LogP contribution is 2.19. The van der Waals surface area contributed by atoms with E-state index in [-0.39, 0.29) is 0 Å². The summed E-state index contributed by atoms with van der Waals surface area (Å²) in [5.74, 6) is 0. The normalized spacial score (nSPS) is 10.4. The number of hydrogen-bond acceptors (Lipinski definition) is 3. The van der Waals surface area contributed by atoms with Crippen LogP contribution in [-0.4, -0.2) is 22.2 Å². The summed E-state index contributed by atoms with van der Waals surface area (Å²) >= 11 is 0. The van der Waals surface area contributed by atoms with Crippen LogP contribution in [-0.2, 0) is 6.54 Å². The molecular weight excluding hydrogens is 176 g/mol. The maximum Gasteiger partial charge on any atom is 0.0710 e. The average molecular weight is 188 g/mol. The molecule has 0 unspecified atom stereocenters. The van der Waals surface area contributed by atoms with Crippen LogP contribution in [0.3, 0.4) is 0 Å². The predicted octanol–water partition coefficient (Wildman–Crippen LogP) is 1.19. The van der Waals surface area contributed by atoms with E-state index in [0.29, 0.717) is 0 Å². The monoisotopic (exact) mass is 188 g/mol. The molecule has 0 aliphatic carbocycles. The van der Waals surface area contributed by atoms with Crippen molar-refractivity contribution in [2.75, 3.05) is 7.05 Å². The number of rotatable bonds is 3. The minimum Gasteiger partial charge on any atom is -0.316 e. The summed E-state index contributed by atoms with van der Waals surface area (Å²) in [6, 6.07) is 3.93. The van der Waals surface area contributed by atoms with Gasteiger partial charge < -0.3 is 5.32 Å². The molecule has 72 valence electrons. The molecule has 0 amide bonds. The molecule has 0 aliphatic heterocycles. The Morgan fingerprint density at radius 2 is 2.36 bits per heavy atom. The fourth-order valence-electron chi connectivity index (χ4n) is 1.40. The maximum atomic E-state index is 4.07. The second-order valence-corrected chi connectivity index (χ2v) is 3.04. The van der Waals surface area contributed by atoms with E-state index in [1.54, 1.807) is 6.20 Å². The van der Waals surface area contributed by atoms with Crippen molar-refractivity contribution in [3.05, 3.63) is 36.3 Å². The molecule has 4 nitrogen and oxygen atoms in total. The predicted molar refractivity (Wildman–Crippen MR) is 54.6 cm³/mol. The van der Waals surface area contributed by atoms with Gasteiger partial charge in [0, 0.05) is 30.1 Å². The van der Waals surface area contributed by atoms with Gasteiger partial charge in [0.1, 0.15) is 0 Å². The highest BCUT2D eigenvalue weighted by atomic mass is 15.1. The summed E-state index contributed by atoms with van der Waals surface area (Å²) in [4.78, 5) is 4.07. The molecule has 2 heterocycles. The zero-order valence-corrected chi connectivity index (χ0v) is 7.99. The van der Waals surface area contributed by atoms with Crippen LogP contribution in [0.15, 0.2) is 30.7 Å². The molecule has 0 radical (unpaired) electrons. The number of nitrogens with one attached hydrogen (secondary N) is 2. The first-order valence-corrected chi connectivity index (χ1v) is 4.49. The van der Waals surface area contributed by atoms with Gasteiger partial charge in [0.25, 0.3) is 0 Å². The molecule has 0 saturated heterocycles. The first-order chi connectivity index (χ1) is 6.92. The lowest BCUT2D eigenvalue weighted by Gasteiger charge is -2.01. The summed E-state index contributed by atoms with van der Waals surface area (Å²) in [5.41, 5.74) is 3.25. The maximum absolute atomic E-state index is 4.07. The Kier molecular flexibility index (Phi) is 2.55. The summed E-state index contributed by atoms with van der Waals surface area (Å²) in [6.07, 6.45) is 5.42. The SMILES string of the molecule is CNCc1cn[nH]c1-c1cccnc1. The van der Waals surface area contributed by atoms with E-state index in [9.17, 15) is 0 Å². The molecule has 2 aromatic rings. The van der Waals surface area contributed by atoms with Crippen LogP contribution in [0.25, 0.3) is 11.3 Å². The van der Waals surface area contributed by atoms with Gasteiger partial charge >= 0.3 is 0 Å². The van der Waals surface area contributed by atoms with Crippen molar-refractivity contribution in [2.45, 2.75) is 6.54 Å². The number of H-pyrrole nitrogens is 1. The molecule has 0 spiro atoms. The van der Waals surface area contributed by atoms with Crippen LogP contribution in [0.5, 0.6) is 0 Å². The number of hydrogen-bond donors (Lipinski definition) is 2. The zero-order valence-electron chi connectivity index (χ0n) is 7.99. The molecule has 2 aromatic heterocycles. The van der Waals surface area contributed by atoms with E-state index < -0.39 is 0 Å². The van der Waals surface area contributed by atoms with Gasteiger partial charge in [-0.1, -0.05) is 0 Å². The number of pyridine rings is 1. The molecule has 0 bridgehead atoms. The second kappa shape index (κ2) is 4.02. The van der Waals surface area contributed by atoms with Gasteiger partial charge in [-0.15, -0.1) is 0 Å². The Labute approximate surface area is 82.4 Å². The average Bonchev–Trinajstić information content (AvgIpc) is 2.68.